The fourth-order valence-electron chi connectivity index (χ4n) is 1.11. The maximum atomic E-state index is 13.6. The lowest BCUT2D eigenvalue weighted by Crippen LogP contribution is -2.64. The Bertz CT molecular complexity index is 712. The Morgan fingerprint density at radius 3 is 1.46 bits per heavy atom. The van der Waals surface area contributed by atoms with Crippen molar-refractivity contribution in [3.63, 3.8) is 0 Å². The average Bonchev–Trinajstić information content (AvgIpc) is 2.43. The van der Waals surface area contributed by atoms with E-state index in [1.807, 2.05) is 4.74 Å². The van der Waals surface area contributed by atoms with Crippen LogP contribution in [0.4, 0.5) is 57.1 Å². The highest BCUT2D eigenvalue weighted by Crippen LogP contribution is 2.53. The van der Waals surface area contributed by atoms with Gasteiger partial charge < -0.3 is 4.74 Å². The molecule has 1 atom stereocenters. The fourth-order valence-corrected chi connectivity index (χ4v) is 1.92. The van der Waals surface area contributed by atoms with Crippen LogP contribution in [0.5, 0.6) is 0 Å². The molecule has 5 nitrogen and oxygen atoms in total. The van der Waals surface area contributed by atoms with Crippen molar-refractivity contribution in [2.24, 2.45) is 0 Å². The van der Waals surface area contributed by atoms with E-state index in [9.17, 15) is 65.5 Å². The highest BCUT2D eigenvalue weighted by Gasteiger charge is 2.82. The van der Waals surface area contributed by atoms with Crippen LogP contribution in [0.15, 0.2) is 12.1 Å². The summed E-state index contributed by atoms with van der Waals surface area (Å²) < 4.78 is 192. The second-order valence-electron chi connectivity index (χ2n) is 4.67. The Morgan fingerprint density at radius 2 is 1.18 bits per heavy atom. The summed E-state index contributed by atoms with van der Waals surface area (Å²) in [6.45, 7) is 0. The van der Waals surface area contributed by atoms with Gasteiger partial charge in [0.15, 0.2) is 0 Å². The predicted molar refractivity (Wildman–Crippen MR) is 59.9 cm³/mol. The summed E-state index contributed by atoms with van der Waals surface area (Å²) in [4.78, 5) is 0. The molecular weight excluding hydrogens is 465 g/mol. The van der Waals surface area contributed by atoms with Crippen LogP contribution in [-0.4, -0.2) is 56.3 Å². The molecule has 0 fully saturated rings. The van der Waals surface area contributed by atoms with Crippen LogP contribution in [0.2, 0.25) is 0 Å². The molecule has 28 heavy (non-hydrogen) atoms. The minimum atomic E-state index is -7.47. The maximum absolute atomic E-state index is 13.6. The molecule has 0 aromatic rings. The summed E-state index contributed by atoms with van der Waals surface area (Å²) in [7, 11) is -6.34. The van der Waals surface area contributed by atoms with E-state index in [1.54, 1.807) is 4.74 Å². The van der Waals surface area contributed by atoms with Crippen molar-refractivity contribution in [1.29, 1.82) is 0 Å². The van der Waals surface area contributed by atoms with Gasteiger partial charge in [-0.1, -0.05) is 0 Å². The van der Waals surface area contributed by atoms with Gasteiger partial charge >= 0.3 is 41.6 Å². The Kier molecular flexibility index (Phi) is 7.00. The van der Waals surface area contributed by atoms with E-state index in [-0.39, 0.29) is 14.1 Å². The van der Waals surface area contributed by atoms with Crippen LogP contribution in [0.25, 0.3) is 0 Å². The third kappa shape index (κ3) is 4.39. The molecule has 0 aromatic carbocycles. The standard InChI is InChI=1S/C9H6F13NO4S/c1-23(2)28(24,25)9(21,22)8(19,20)27-5(13,6(14,15)16)7(17,18)26-4(12)3(10)11/h1-2H3. The first-order chi connectivity index (χ1) is 12.0. The summed E-state index contributed by atoms with van der Waals surface area (Å²) in [5.41, 5.74) is 0. The van der Waals surface area contributed by atoms with E-state index in [4.69, 9.17) is 0 Å². The van der Waals surface area contributed by atoms with Crippen molar-refractivity contribution < 1.29 is 75.0 Å². The number of rotatable bonds is 8. The van der Waals surface area contributed by atoms with Gasteiger partial charge in [-0.2, -0.15) is 57.1 Å². The highest BCUT2D eigenvalue weighted by molar-refractivity contribution is 7.90. The SMILES string of the molecule is CN(C)S(=O)(=O)C(F)(F)C(F)(F)OC(F)(C(F)(F)F)C(F)(F)OC(F)=C(F)F. The zero-order valence-electron chi connectivity index (χ0n) is 12.9. The van der Waals surface area contributed by atoms with Gasteiger partial charge in [0.25, 0.3) is 10.0 Å². The topological polar surface area (TPSA) is 55.8 Å². The second kappa shape index (κ2) is 7.39. The number of halogens is 13. The molecule has 0 amide bonds. The monoisotopic (exact) mass is 471 g/mol. The molecule has 19 heteroatoms. The number of hydrogen-bond acceptors (Lipinski definition) is 4. The fraction of sp³-hybridized carbons (Fsp3) is 0.778. The van der Waals surface area contributed by atoms with Gasteiger partial charge in [-0.05, 0) is 0 Å². The van der Waals surface area contributed by atoms with Crippen molar-refractivity contribution in [2.45, 2.75) is 29.5 Å². The molecule has 0 saturated carbocycles. The van der Waals surface area contributed by atoms with Crippen molar-refractivity contribution >= 4 is 10.0 Å². The van der Waals surface area contributed by atoms with Crippen molar-refractivity contribution in [3.05, 3.63) is 12.1 Å². The van der Waals surface area contributed by atoms with Gasteiger partial charge in [0.1, 0.15) is 0 Å². The first-order valence-corrected chi connectivity index (χ1v) is 7.33. The van der Waals surface area contributed by atoms with E-state index < -0.39 is 55.9 Å². The lowest BCUT2D eigenvalue weighted by atomic mass is 10.2. The lowest BCUT2D eigenvalue weighted by molar-refractivity contribution is -0.510. The molecule has 168 valence electrons. The van der Waals surface area contributed by atoms with Gasteiger partial charge in [-0.3, -0.25) is 4.74 Å². The number of sulfonamides is 1. The van der Waals surface area contributed by atoms with Crippen LogP contribution in [-0.2, 0) is 19.5 Å². The number of nitrogens with zero attached hydrogens (tertiary/aromatic N) is 1. The molecule has 0 rings (SSSR count). The molecule has 0 heterocycles. The molecule has 0 aliphatic carbocycles. The van der Waals surface area contributed by atoms with Crippen molar-refractivity contribution in [2.75, 3.05) is 14.1 Å². The van der Waals surface area contributed by atoms with Crippen molar-refractivity contribution in [1.82, 2.24) is 4.31 Å². The molecule has 0 aromatic heterocycles. The molecule has 0 spiro atoms. The Labute approximate surface area is 146 Å². The summed E-state index contributed by atoms with van der Waals surface area (Å²) >= 11 is 0. The molecule has 0 radical (unpaired) electrons. The Hall–Kier alpha value is -1.50. The predicted octanol–water partition coefficient (Wildman–Crippen LogP) is 3.95. The molecule has 0 N–H and O–H groups in total. The smallest absolute Gasteiger partial charge is 0.398 e. The van der Waals surface area contributed by atoms with E-state index in [0.717, 1.165) is 0 Å². The molecular formula is C9H6F13NO4S. The summed E-state index contributed by atoms with van der Waals surface area (Å²) in [5.74, 6) is -7.43. The Balaban J connectivity index is 6.48. The average molecular weight is 471 g/mol. The minimum Gasteiger partial charge on any atom is -0.398 e. The zero-order chi connectivity index (χ0) is 23.1. The van der Waals surface area contributed by atoms with Gasteiger partial charge in [-0.15, -0.1) is 0 Å². The zero-order valence-corrected chi connectivity index (χ0v) is 13.7. The largest absolute Gasteiger partial charge is 0.471 e. The molecule has 0 aliphatic heterocycles. The summed E-state index contributed by atoms with van der Waals surface area (Å²) in [6.07, 6.45) is -25.8. The summed E-state index contributed by atoms with van der Waals surface area (Å²) in [5, 5.41) is -6.80. The van der Waals surface area contributed by atoms with E-state index in [0.29, 0.717) is 0 Å². The lowest BCUT2D eigenvalue weighted by Gasteiger charge is -2.37. The highest BCUT2D eigenvalue weighted by atomic mass is 32.2. The van der Waals surface area contributed by atoms with Gasteiger partial charge in [0.2, 0.25) is 0 Å². The third-order valence-electron chi connectivity index (χ3n) is 2.52. The molecule has 0 bridgehead atoms. The second-order valence-corrected chi connectivity index (χ2v) is 6.86. The van der Waals surface area contributed by atoms with Crippen LogP contribution in [0, 0.1) is 0 Å². The number of alkyl halides is 10. The van der Waals surface area contributed by atoms with Gasteiger partial charge in [-0.25, -0.2) is 12.7 Å². The Morgan fingerprint density at radius 1 is 0.786 bits per heavy atom. The van der Waals surface area contributed by atoms with Crippen LogP contribution in [0.1, 0.15) is 0 Å². The van der Waals surface area contributed by atoms with E-state index >= 15 is 0 Å². The molecule has 0 aliphatic rings. The first kappa shape index (κ1) is 26.5. The first-order valence-electron chi connectivity index (χ1n) is 5.89. The van der Waals surface area contributed by atoms with Crippen LogP contribution < -0.4 is 0 Å². The van der Waals surface area contributed by atoms with E-state index in [1.165, 1.54) is 0 Å². The van der Waals surface area contributed by atoms with Crippen LogP contribution in [0.3, 0.4) is 0 Å². The quantitative estimate of drug-likeness (QED) is 0.398. The maximum Gasteiger partial charge on any atom is 0.471 e. The third-order valence-corrected chi connectivity index (χ3v) is 4.36. The van der Waals surface area contributed by atoms with Gasteiger partial charge in [0, 0.05) is 14.1 Å². The minimum absolute atomic E-state index is 0.147. The summed E-state index contributed by atoms with van der Waals surface area (Å²) in [6, 6.07) is -3.91. The molecule has 1 unspecified atom stereocenters. The number of ether oxygens (including phenoxy) is 2. The molecule has 0 saturated heterocycles. The van der Waals surface area contributed by atoms with Gasteiger partial charge in [0.05, 0.1) is 0 Å². The van der Waals surface area contributed by atoms with E-state index in [2.05, 4.69) is 0 Å². The van der Waals surface area contributed by atoms with Crippen LogP contribution >= 0.6 is 0 Å². The normalized spacial score (nSPS) is 16.7. The number of hydrogen-bond donors (Lipinski definition) is 0. The van der Waals surface area contributed by atoms with Crippen molar-refractivity contribution in [3.8, 4) is 0 Å².